The zero-order chi connectivity index (χ0) is 19.5. The molecule has 1 N–H and O–H groups in total. The van der Waals surface area contributed by atoms with Crippen molar-refractivity contribution in [3.8, 4) is 5.69 Å². The van der Waals surface area contributed by atoms with Crippen LogP contribution < -0.4 is 10.7 Å². The topological polar surface area (TPSA) is 64.0 Å². The van der Waals surface area contributed by atoms with Crippen LogP contribution >= 0.6 is 0 Å². The van der Waals surface area contributed by atoms with Crippen molar-refractivity contribution in [2.24, 2.45) is 0 Å². The molecule has 140 valence electrons. The van der Waals surface area contributed by atoms with Crippen molar-refractivity contribution < 1.29 is 18.0 Å². The van der Waals surface area contributed by atoms with Gasteiger partial charge in [0.15, 0.2) is 5.69 Å². The van der Waals surface area contributed by atoms with Crippen LogP contribution in [0.1, 0.15) is 48.4 Å². The van der Waals surface area contributed by atoms with Crippen molar-refractivity contribution in [3.63, 3.8) is 0 Å². The standard InChI is InChI=1S/C18H20F3N3O2/c1-4-12(5-2)22-17(26)16-15(25)10-11(3)24(23-16)14-9-7-6-8-13(14)18(19,20)21/h6-10,12H,4-5H2,1-3H3,(H,22,26). The molecule has 0 atom stereocenters. The highest BCUT2D eigenvalue weighted by Crippen LogP contribution is 2.33. The predicted molar refractivity (Wildman–Crippen MR) is 91.4 cm³/mol. The fourth-order valence-electron chi connectivity index (χ4n) is 2.59. The molecule has 0 saturated heterocycles. The first kappa shape index (κ1) is 19.7. The molecule has 0 spiro atoms. The fourth-order valence-corrected chi connectivity index (χ4v) is 2.59. The SMILES string of the molecule is CCC(CC)NC(=O)c1nn(-c2ccccc2C(F)(F)F)c(C)cc1=O. The number of aromatic nitrogens is 2. The summed E-state index contributed by atoms with van der Waals surface area (Å²) >= 11 is 0. The third-order valence-electron chi connectivity index (χ3n) is 4.08. The Morgan fingerprint density at radius 2 is 1.85 bits per heavy atom. The molecule has 8 heteroatoms. The van der Waals surface area contributed by atoms with E-state index >= 15 is 0 Å². The largest absolute Gasteiger partial charge is 0.418 e. The van der Waals surface area contributed by atoms with E-state index in [-0.39, 0.29) is 17.4 Å². The molecule has 0 aliphatic carbocycles. The highest BCUT2D eigenvalue weighted by atomic mass is 19.4. The van der Waals surface area contributed by atoms with Gasteiger partial charge in [0, 0.05) is 17.8 Å². The average Bonchev–Trinajstić information content (AvgIpc) is 2.58. The molecule has 0 bridgehead atoms. The van der Waals surface area contributed by atoms with Gasteiger partial charge in [0.2, 0.25) is 5.43 Å². The Hall–Kier alpha value is -2.64. The Kier molecular flexibility index (Phi) is 5.84. The number of carbonyl (C=O) groups is 1. The number of benzene rings is 1. The fraction of sp³-hybridized carbons (Fsp3) is 0.389. The third-order valence-corrected chi connectivity index (χ3v) is 4.08. The molecular weight excluding hydrogens is 347 g/mol. The highest BCUT2D eigenvalue weighted by molar-refractivity contribution is 5.92. The van der Waals surface area contributed by atoms with Crippen molar-refractivity contribution in [3.05, 3.63) is 57.5 Å². The van der Waals surface area contributed by atoms with E-state index in [4.69, 9.17) is 0 Å². The molecule has 1 heterocycles. The molecule has 0 fully saturated rings. The molecule has 1 amide bonds. The number of para-hydroxylation sites is 1. The molecule has 0 radical (unpaired) electrons. The van der Waals surface area contributed by atoms with E-state index in [0.29, 0.717) is 12.8 Å². The van der Waals surface area contributed by atoms with E-state index in [1.54, 1.807) is 0 Å². The van der Waals surface area contributed by atoms with Gasteiger partial charge in [-0.05, 0) is 31.9 Å². The molecule has 1 aromatic heterocycles. The summed E-state index contributed by atoms with van der Waals surface area (Å²) in [6, 6.07) is 5.86. The lowest BCUT2D eigenvalue weighted by Crippen LogP contribution is -2.38. The number of carbonyl (C=O) groups excluding carboxylic acids is 1. The van der Waals surface area contributed by atoms with Gasteiger partial charge in [-0.15, -0.1) is 0 Å². The lowest BCUT2D eigenvalue weighted by atomic mass is 10.1. The Labute approximate surface area is 148 Å². The van der Waals surface area contributed by atoms with Gasteiger partial charge in [0.05, 0.1) is 11.3 Å². The van der Waals surface area contributed by atoms with E-state index in [0.717, 1.165) is 16.8 Å². The minimum Gasteiger partial charge on any atom is -0.348 e. The number of rotatable bonds is 5. The van der Waals surface area contributed by atoms with Gasteiger partial charge in [-0.2, -0.15) is 18.3 Å². The smallest absolute Gasteiger partial charge is 0.348 e. The highest BCUT2D eigenvalue weighted by Gasteiger charge is 2.34. The number of hydrogen-bond acceptors (Lipinski definition) is 3. The first-order valence-electron chi connectivity index (χ1n) is 8.27. The number of amides is 1. The first-order chi connectivity index (χ1) is 12.2. The van der Waals surface area contributed by atoms with Crippen molar-refractivity contribution in [2.75, 3.05) is 0 Å². The summed E-state index contributed by atoms with van der Waals surface area (Å²) in [7, 11) is 0. The third kappa shape index (κ3) is 4.12. The Bertz CT molecular complexity index is 855. The van der Waals surface area contributed by atoms with Crippen molar-refractivity contribution >= 4 is 5.91 Å². The normalized spacial score (nSPS) is 11.7. The van der Waals surface area contributed by atoms with Gasteiger partial charge in [-0.3, -0.25) is 9.59 Å². The number of hydrogen-bond donors (Lipinski definition) is 1. The lowest BCUT2D eigenvalue weighted by molar-refractivity contribution is -0.137. The number of aryl methyl sites for hydroxylation is 1. The second kappa shape index (κ2) is 7.72. The number of nitrogens with one attached hydrogen (secondary N) is 1. The van der Waals surface area contributed by atoms with Crippen LogP contribution in [0.15, 0.2) is 35.1 Å². The molecular formula is C18H20F3N3O2. The van der Waals surface area contributed by atoms with Crippen LogP contribution in [-0.4, -0.2) is 21.7 Å². The van der Waals surface area contributed by atoms with E-state index < -0.39 is 28.8 Å². The number of nitrogens with zero attached hydrogens (tertiary/aromatic N) is 2. The number of halogens is 3. The molecule has 2 rings (SSSR count). The number of alkyl halides is 3. The van der Waals surface area contributed by atoms with Crippen LogP contribution in [0.25, 0.3) is 5.69 Å². The summed E-state index contributed by atoms with van der Waals surface area (Å²) in [6.45, 7) is 5.23. The van der Waals surface area contributed by atoms with Crippen molar-refractivity contribution in [1.29, 1.82) is 0 Å². The quantitative estimate of drug-likeness (QED) is 0.880. The van der Waals surface area contributed by atoms with Crippen molar-refractivity contribution in [1.82, 2.24) is 15.1 Å². The summed E-state index contributed by atoms with van der Waals surface area (Å²) < 4.78 is 40.8. The van der Waals surface area contributed by atoms with Gasteiger partial charge in [-0.1, -0.05) is 26.0 Å². The minimum absolute atomic E-state index is 0.138. The molecule has 0 saturated carbocycles. The monoisotopic (exact) mass is 367 g/mol. The van der Waals surface area contributed by atoms with E-state index in [2.05, 4.69) is 10.4 Å². The van der Waals surface area contributed by atoms with Crippen LogP contribution in [0.5, 0.6) is 0 Å². The van der Waals surface area contributed by atoms with Gasteiger partial charge in [-0.25, -0.2) is 4.68 Å². The molecule has 26 heavy (non-hydrogen) atoms. The molecule has 0 aliphatic rings. The maximum absolute atomic E-state index is 13.3. The molecule has 2 aromatic rings. The predicted octanol–water partition coefficient (Wildman–Crippen LogP) is 3.48. The van der Waals surface area contributed by atoms with Crippen LogP contribution in [0.4, 0.5) is 13.2 Å². The van der Waals surface area contributed by atoms with Crippen LogP contribution in [-0.2, 0) is 6.18 Å². The van der Waals surface area contributed by atoms with Gasteiger partial charge in [0.25, 0.3) is 5.91 Å². The van der Waals surface area contributed by atoms with Gasteiger partial charge in [0.1, 0.15) is 0 Å². The summed E-state index contributed by atoms with van der Waals surface area (Å²) in [5, 5.41) is 6.61. The Morgan fingerprint density at radius 1 is 1.23 bits per heavy atom. The van der Waals surface area contributed by atoms with Gasteiger partial charge < -0.3 is 5.32 Å². The summed E-state index contributed by atoms with van der Waals surface area (Å²) in [5.41, 5.74) is -2.00. The summed E-state index contributed by atoms with van der Waals surface area (Å²) in [6.07, 6.45) is -3.26. The maximum atomic E-state index is 13.3. The zero-order valence-electron chi connectivity index (χ0n) is 14.7. The zero-order valence-corrected chi connectivity index (χ0v) is 14.7. The van der Waals surface area contributed by atoms with Crippen LogP contribution in [0.2, 0.25) is 0 Å². The molecule has 5 nitrogen and oxygen atoms in total. The lowest BCUT2D eigenvalue weighted by Gasteiger charge is -2.18. The minimum atomic E-state index is -4.59. The second-order valence-corrected chi connectivity index (χ2v) is 5.91. The van der Waals surface area contributed by atoms with E-state index in [9.17, 15) is 22.8 Å². The first-order valence-corrected chi connectivity index (χ1v) is 8.27. The molecule has 1 aromatic carbocycles. The van der Waals surface area contributed by atoms with Gasteiger partial charge >= 0.3 is 6.18 Å². The summed E-state index contributed by atoms with van der Waals surface area (Å²) in [5.74, 6) is -0.693. The molecule has 0 aliphatic heterocycles. The van der Waals surface area contributed by atoms with Crippen LogP contribution in [0, 0.1) is 6.92 Å². The van der Waals surface area contributed by atoms with E-state index in [1.165, 1.54) is 25.1 Å². The van der Waals surface area contributed by atoms with Crippen LogP contribution in [0.3, 0.4) is 0 Å². The Morgan fingerprint density at radius 3 is 2.42 bits per heavy atom. The summed E-state index contributed by atoms with van der Waals surface area (Å²) in [4.78, 5) is 24.5. The average molecular weight is 367 g/mol. The maximum Gasteiger partial charge on any atom is 0.418 e. The Balaban J connectivity index is 2.57. The van der Waals surface area contributed by atoms with Crippen molar-refractivity contribution in [2.45, 2.75) is 45.8 Å². The van der Waals surface area contributed by atoms with E-state index in [1.807, 2.05) is 13.8 Å². The second-order valence-electron chi connectivity index (χ2n) is 5.91. The molecule has 0 unspecified atom stereocenters.